The molecular weight excluding hydrogens is 298 g/mol. The molecule has 5 nitrogen and oxygen atoms in total. The molecule has 0 aromatic heterocycles. The van der Waals surface area contributed by atoms with E-state index in [1.165, 1.54) is 5.56 Å². The molecule has 1 unspecified atom stereocenters. The number of anilines is 1. The first-order chi connectivity index (χ1) is 10.2. The van der Waals surface area contributed by atoms with E-state index in [9.17, 15) is 8.42 Å². The molecule has 3 rings (SSSR count). The van der Waals surface area contributed by atoms with Crippen LogP contribution >= 0.6 is 0 Å². The monoisotopic (exact) mass is 323 g/mol. The van der Waals surface area contributed by atoms with Crippen LogP contribution in [0.1, 0.15) is 25.8 Å². The van der Waals surface area contributed by atoms with E-state index in [2.05, 4.69) is 4.90 Å². The molecule has 1 aromatic carbocycles. The van der Waals surface area contributed by atoms with Crippen LogP contribution in [0.3, 0.4) is 0 Å². The summed E-state index contributed by atoms with van der Waals surface area (Å²) in [6, 6.07) is 5.56. The number of sulfonamides is 1. The van der Waals surface area contributed by atoms with E-state index in [0.717, 1.165) is 18.7 Å². The molecule has 0 radical (unpaired) electrons. The minimum atomic E-state index is -3.45. The molecule has 22 heavy (non-hydrogen) atoms. The molecule has 1 aromatic rings. The van der Waals surface area contributed by atoms with E-state index in [1.807, 2.05) is 33.0 Å². The first-order valence-corrected chi connectivity index (χ1v) is 9.25. The van der Waals surface area contributed by atoms with Crippen LogP contribution in [0.2, 0.25) is 0 Å². The van der Waals surface area contributed by atoms with Crippen LogP contribution in [0.4, 0.5) is 5.69 Å². The molecule has 1 atom stereocenters. The standard InChI is InChI=1S/C16H25N3O2S/c1-16(2)11-19(9-7-15(16)17)22(20,21)13-5-4-12-6-8-18(3)14(12)10-13/h4-5,10,15H,6-9,11,17H2,1-3H3. The Balaban J connectivity index is 1.92. The Morgan fingerprint density at radius 1 is 1.27 bits per heavy atom. The number of piperidine rings is 1. The van der Waals surface area contributed by atoms with E-state index in [1.54, 1.807) is 10.4 Å². The van der Waals surface area contributed by atoms with Gasteiger partial charge in [0.15, 0.2) is 0 Å². The van der Waals surface area contributed by atoms with Gasteiger partial charge in [-0.2, -0.15) is 4.31 Å². The lowest BCUT2D eigenvalue weighted by Gasteiger charge is -2.41. The molecule has 6 heteroatoms. The van der Waals surface area contributed by atoms with E-state index in [-0.39, 0.29) is 11.5 Å². The second-order valence-electron chi connectivity index (χ2n) is 7.18. The summed E-state index contributed by atoms with van der Waals surface area (Å²) in [6.45, 7) is 6.00. The molecule has 122 valence electrons. The number of hydrogen-bond donors (Lipinski definition) is 1. The lowest BCUT2D eigenvalue weighted by molar-refractivity contribution is 0.155. The van der Waals surface area contributed by atoms with Gasteiger partial charge in [-0.25, -0.2) is 8.42 Å². The lowest BCUT2D eigenvalue weighted by atomic mass is 9.81. The molecule has 1 saturated heterocycles. The molecule has 2 aliphatic rings. The van der Waals surface area contributed by atoms with Crippen LogP contribution in [0.5, 0.6) is 0 Å². The largest absolute Gasteiger partial charge is 0.374 e. The van der Waals surface area contributed by atoms with Crippen molar-refractivity contribution in [1.29, 1.82) is 0 Å². The van der Waals surface area contributed by atoms with Gasteiger partial charge < -0.3 is 10.6 Å². The van der Waals surface area contributed by atoms with Crippen molar-refractivity contribution < 1.29 is 8.42 Å². The lowest BCUT2D eigenvalue weighted by Crippen LogP contribution is -2.53. The van der Waals surface area contributed by atoms with Gasteiger partial charge in [0.1, 0.15) is 0 Å². The van der Waals surface area contributed by atoms with Gasteiger partial charge >= 0.3 is 0 Å². The van der Waals surface area contributed by atoms with Crippen molar-refractivity contribution >= 4 is 15.7 Å². The summed E-state index contributed by atoms with van der Waals surface area (Å²) in [5.74, 6) is 0. The molecule has 0 bridgehead atoms. The second-order valence-corrected chi connectivity index (χ2v) is 9.12. The van der Waals surface area contributed by atoms with Gasteiger partial charge in [-0.1, -0.05) is 19.9 Å². The molecule has 2 heterocycles. The maximum Gasteiger partial charge on any atom is 0.243 e. The zero-order valence-corrected chi connectivity index (χ0v) is 14.4. The van der Waals surface area contributed by atoms with Gasteiger partial charge in [0.25, 0.3) is 0 Å². The minimum absolute atomic E-state index is 0.0464. The van der Waals surface area contributed by atoms with Crippen LogP contribution in [-0.4, -0.2) is 45.4 Å². The first-order valence-electron chi connectivity index (χ1n) is 7.81. The molecular formula is C16H25N3O2S. The van der Waals surface area contributed by atoms with Gasteiger partial charge in [0.2, 0.25) is 10.0 Å². The topological polar surface area (TPSA) is 66.6 Å². The summed E-state index contributed by atoms with van der Waals surface area (Å²) < 4.78 is 27.5. The summed E-state index contributed by atoms with van der Waals surface area (Å²) >= 11 is 0. The Hall–Kier alpha value is -1.11. The van der Waals surface area contributed by atoms with Gasteiger partial charge in [-0.3, -0.25) is 0 Å². The average molecular weight is 323 g/mol. The summed E-state index contributed by atoms with van der Waals surface area (Å²) in [5, 5.41) is 0. The van der Waals surface area contributed by atoms with Gasteiger partial charge in [-0.15, -0.1) is 0 Å². The summed E-state index contributed by atoms with van der Waals surface area (Å²) in [6.07, 6.45) is 1.69. The summed E-state index contributed by atoms with van der Waals surface area (Å²) in [5.41, 5.74) is 8.19. The number of nitrogens with zero attached hydrogens (tertiary/aromatic N) is 2. The van der Waals surface area contributed by atoms with Crippen molar-refractivity contribution in [2.45, 2.75) is 37.6 Å². The van der Waals surface area contributed by atoms with Crippen LogP contribution in [0.25, 0.3) is 0 Å². The SMILES string of the molecule is CN1CCc2ccc(S(=O)(=O)N3CCC(N)C(C)(C)C3)cc21. The van der Waals surface area contributed by atoms with Gasteiger partial charge in [-0.05, 0) is 36.0 Å². The zero-order valence-electron chi connectivity index (χ0n) is 13.5. The fourth-order valence-electron chi connectivity index (χ4n) is 3.36. The first kappa shape index (κ1) is 15.8. The normalized spacial score (nSPS) is 25.3. The van der Waals surface area contributed by atoms with E-state index < -0.39 is 10.0 Å². The van der Waals surface area contributed by atoms with Gasteiger partial charge in [0.05, 0.1) is 4.90 Å². The highest BCUT2D eigenvalue weighted by Crippen LogP contribution is 2.34. The average Bonchev–Trinajstić information content (AvgIpc) is 2.83. The predicted octanol–water partition coefficient (Wildman–Crippen LogP) is 1.43. The number of fused-ring (bicyclic) bond motifs is 1. The molecule has 0 saturated carbocycles. The predicted molar refractivity (Wildman–Crippen MR) is 88.5 cm³/mol. The molecule has 2 aliphatic heterocycles. The van der Waals surface area contributed by atoms with Crippen molar-refractivity contribution in [1.82, 2.24) is 4.31 Å². The molecule has 0 aliphatic carbocycles. The summed E-state index contributed by atoms with van der Waals surface area (Å²) in [4.78, 5) is 2.51. The van der Waals surface area contributed by atoms with Crippen molar-refractivity contribution in [2.75, 3.05) is 31.6 Å². The van der Waals surface area contributed by atoms with Crippen LogP contribution in [-0.2, 0) is 16.4 Å². The highest BCUT2D eigenvalue weighted by atomic mass is 32.2. The highest BCUT2D eigenvalue weighted by molar-refractivity contribution is 7.89. The van der Waals surface area contributed by atoms with E-state index >= 15 is 0 Å². The maximum absolute atomic E-state index is 13.0. The minimum Gasteiger partial charge on any atom is -0.374 e. The highest BCUT2D eigenvalue weighted by Gasteiger charge is 2.39. The van der Waals surface area contributed by atoms with Crippen molar-refractivity contribution in [3.05, 3.63) is 23.8 Å². The van der Waals surface area contributed by atoms with Crippen molar-refractivity contribution in [3.63, 3.8) is 0 Å². The Morgan fingerprint density at radius 2 is 2.00 bits per heavy atom. The van der Waals surface area contributed by atoms with Gasteiger partial charge in [0, 0.05) is 38.4 Å². The van der Waals surface area contributed by atoms with E-state index in [4.69, 9.17) is 5.73 Å². The Morgan fingerprint density at radius 3 is 2.68 bits per heavy atom. The number of nitrogens with two attached hydrogens (primary N) is 1. The molecule has 2 N–H and O–H groups in total. The Kier molecular flexibility index (Phi) is 3.74. The number of hydrogen-bond acceptors (Lipinski definition) is 4. The second kappa shape index (κ2) is 5.22. The third-order valence-electron chi connectivity index (χ3n) is 5.10. The number of rotatable bonds is 2. The Labute approximate surface area is 133 Å². The molecule has 0 amide bonds. The van der Waals surface area contributed by atoms with Crippen LogP contribution in [0, 0.1) is 5.41 Å². The number of benzene rings is 1. The fourth-order valence-corrected chi connectivity index (χ4v) is 5.01. The van der Waals surface area contributed by atoms with Crippen LogP contribution in [0.15, 0.2) is 23.1 Å². The van der Waals surface area contributed by atoms with E-state index in [0.29, 0.717) is 24.4 Å². The fraction of sp³-hybridized carbons (Fsp3) is 0.625. The third-order valence-corrected chi connectivity index (χ3v) is 6.94. The zero-order chi connectivity index (χ0) is 16.1. The quantitative estimate of drug-likeness (QED) is 0.894. The Bertz CT molecular complexity index is 685. The summed E-state index contributed by atoms with van der Waals surface area (Å²) in [7, 11) is -1.45. The maximum atomic E-state index is 13.0. The third kappa shape index (κ3) is 2.53. The smallest absolute Gasteiger partial charge is 0.243 e. The van der Waals surface area contributed by atoms with Crippen molar-refractivity contribution in [2.24, 2.45) is 11.1 Å². The number of likely N-dealkylation sites (N-methyl/N-ethyl adjacent to an activating group) is 1. The van der Waals surface area contributed by atoms with Crippen LogP contribution < -0.4 is 10.6 Å². The molecule has 1 fully saturated rings. The van der Waals surface area contributed by atoms with Crippen molar-refractivity contribution in [3.8, 4) is 0 Å². The molecule has 0 spiro atoms.